The molecule has 0 spiro atoms. The SMILES string of the molecule is CCCC(=O)N1CCCN(C(=O)Cc2ccc(F)cc2)CC1. The van der Waals surface area contributed by atoms with E-state index in [4.69, 9.17) is 0 Å². The summed E-state index contributed by atoms with van der Waals surface area (Å²) in [5, 5.41) is 0. The van der Waals surface area contributed by atoms with Crippen LogP contribution in [0.4, 0.5) is 4.39 Å². The molecule has 2 rings (SSSR count). The van der Waals surface area contributed by atoms with Gasteiger partial charge in [-0.05, 0) is 30.5 Å². The zero-order chi connectivity index (χ0) is 15.9. The van der Waals surface area contributed by atoms with Crippen LogP contribution >= 0.6 is 0 Å². The third kappa shape index (κ3) is 4.55. The lowest BCUT2D eigenvalue weighted by Crippen LogP contribution is -2.37. The van der Waals surface area contributed by atoms with Crippen molar-refractivity contribution in [3.63, 3.8) is 0 Å². The summed E-state index contributed by atoms with van der Waals surface area (Å²) in [6.07, 6.45) is 2.51. The molecule has 1 heterocycles. The molecule has 0 bridgehead atoms. The van der Waals surface area contributed by atoms with Gasteiger partial charge >= 0.3 is 0 Å². The number of amides is 2. The molecule has 1 saturated heterocycles. The molecule has 1 aliphatic heterocycles. The Labute approximate surface area is 130 Å². The van der Waals surface area contributed by atoms with Gasteiger partial charge in [-0.3, -0.25) is 9.59 Å². The van der Waals surface area contributed by atoms with Crippen LogP contribution in [-0.4, -0.2) is 47.8 Å². The quantitative estimate of drug-likeness (QED) is 0.856. The zero-order valence-corrected chi connectivity index (χ0v) is 13.1. The molecule has 0 aliphatic carbocycles. The van der Waals surface area contributed by atoms with Gasteiger partial charge in [0.2, 0.25) is 11.8 Å². The molecule has 2 amide bonds. The van der Waals surface area contributed by atoms with E-state index < -0.39 is 0 Å². The van der Waals surface area contributed by atoms with Gasteiger partial charge in [-0.15, -0.1) is 0 Å². The van der Waals surface area contributed by atoms with Gasteiger partial charge in [0.05, 0.1) is 6.42 Å². The van der Waals surface area contributed by atoms with Crippen LogP contribution in [0.15, 0.2) is 24.3 Å². The minimum Gasteiger partial charge on any atom is -0.341 e. The Balaban J connectivity index is 1.88. The summed E-state index contributed by atoms with van der Waals surface area (Å²) in [5.74, 6) is -0.0808. The Morgan fingerprint density at radius 3 is 2.18 bits per heavy atom. The Morgan fingerprint density at radius 2 is 1.59 bits per heavy atom. The lowest BCUT2D eigenvalue weighted by Gasteiger charge is -2.22. The molecule has 5 heteroatoms. The van der Waals surface area contributed by atoms with Crippen molar-refractivity contribution in [2.75, 3.05) is 26.2 Å². The second-order valence-electron chi connectivity index (χ2n) is 5.67. The number of nitrogens with zero attached hydrogens (tertiary/aromatic N) is 2. The molecule has 0 N–H and O–H groups in total. The average Bonchev–Trinajstić information content (AvgIpc) is 2.76. The Hall–Kier alpha value is -1.91. The maximum absolute atomic E-state index is 12.9. The number of hydrogen-bond acceptors (Lipinski definition) is 2. The first-order valence-corrected chi connectivity index (χ1v) is 7.90. The van der Waals surface area contributed by atoms with E-state index in [1.54, 1.807) is 12.1 Å². The van der Waals surface area contributed by atoms with Crippen LogP contribution in [0.1, 0.15) is 31.7 Å². The largest absolute Gasteiger partial charge is 0.341 e. The van der Waals surface area contributed by atoms with E-state index in [-0.39, 0.29) is 24.1 Å². The van der Waals surface area contributed by atoms with Crippen LogP contribution in [0.2, 0.25) is 0 Å². The van der Waals surface area contributed by atoms with Crippen molar-refractivity contribution in [2.24, 2.45) is 0 Å². The van der Waals surface area contributed by atoms with Gasteiger partial charge < -0.3 is 9.80 Å². The maximum atomic E-state index is 12.9. The van der Waals surface area contributed by atoms with Crippen LogP contribution < -0.4 is 0 Å². The van der Waals surface area contributed by atoms with Crippen LogP contribution in [0.5, 0.6) is 0 Å². The highest BCUT2D eigenvalue weighted by molar-refractivity contribution is 5.79. The van der Waals surface area contributed by atoms with Gasteiger partial charge in [-0.2, -0.15) is 0 Å². The Kier molecular flexibility index (Phi) is 5.92. The monoisotopic (exact) mass is 306 g/mol. The number of carbonyl (C=O) groups is 2. The number of halogens is 1. The fourth-order valence-corrected chi connectivity index (χ4v) is 2.68. The predicted octanol–water partition coefficient (Wildman–Crippen LogP) is 2.23. The topological polar surface area (TPSA) is 40.6 Å². The molecule has 0 atom stereocenters. The molecular formula is C17H23FN2O2. The molecule has 1 aliphatic rings. The molecule has 22 heavy (non-hydrogen) atoms. The molecule has 1 fully saturated rings. The number of rotatable bonds is 4. The first kappa shape index (κ1) is 16.5. The second kappa shape index (κ2) is 7.92. The van der Waals surface area contributed by atoms with Gasteiger partial charge in [0.15, 0.2) is 0 Å². The van der Waals surface area contributed by atoms with E-state index in [1.165, 1.54) is 12.1 Å². The third-order valence-electron chi connectivity index (χ3n) is 3.93. The molecule has 0 radical (unpaired) electrons. The van der Waals surface area contributed by atoms with Crippen LogP contribution in [0.3, 0.4) is 0 Å². The molecule has 0 unspecified atom stereocenters. The van der Waals surface area contributed by atoms with Crippen molar-refractivity contribution >= 4 is 11.8 Å². The summed E-state index contributed by atoms with van der Waals surface area (Å²) in [6, 6.07) is 6.02. The van der Waals surface area contributed by atoms with E-state index in [9.17, 15) is 14.0 Å². The Bertz CT molecular complexity index is 516. The fraction of sp³-hybridized carbons (Fsp3) is 0.529. The van der Waals surface area contributed by atoms with Gasteiger partial charge in [0, 0.05) is 32.6 Å². The van der Waals surface area contributed by atoms with Crippen LogP contribution in [0.25, 0.3) is 0 Å². The van der Waals surface area contributed by atoms with Gasteiger partial charge in [-0.25, -0.2) is 4.39 Å². The number of hydrogen-bond donors (Lipinski definition) is 0. The highest BCUT2D eigenvalue weighted by atomic mass is 19.1. The van der Waals surface area contributed by atoms with Crippen LogP contribution in [0, 0.1) is 5.82 Å². The van der Waals surface area contributed by atoms with Gasteiger partial charge in [0.25, 0.3) is 0 Å². The van der Waals surface area contributed by atoms with Crippen LogP contribution in [-0.2, 0) is 16.0 Å². The zero-order valence-electron chi connectivity index (χ0n) is 13.1. The first-order valence-electron chi connectivity index (χ1n) is 7.90. The highest BCUT2D eigenvalue weighted by Gasteiger charge is 2.21. The summed E-state index contributed by atoms with van der Waals surface area (Å²) in [5.41, 5.74) is 0.814. The molecular weight excluding hydrogens is 283 g/mol. The summed E-state index contributed by atoms with van der Waals surface area (Å²) in [7, 11) is 0. The first-order chi connectivity index (χ1) is 10.6. The van der Waals surface area contributed by atoms with Crippen molar-refractivity contribution in [1.82, 2.24) is 9.80 Å². The molecule has 1 aromatic rings. The number of benzene rings is 1. The van der Waals surface area contributed by atoms with Crippen molar-refractivity contribution in [2.45, 2.75) is 32.6 Å². The van der Waals surface area contributed by atoms with E-state index in [0.717, 1.165) is 24.9 Å². The fourth-order valence-electron chi connectivity index (χ4n) is 2.68. The summed E-state index contributed by atoms with van der Waals surface area (Å²) >= 11 is 0. The summed E-state index contributed by atoms with van der Waals surface area (Å²) < 4.78 is 12.9. The minimum absolute atomic E-state index is 0.0383. The van der Waals surface area contributed by atoms with Crippen molar-refractivity contribution in [1.29, 1.82) is 0 Å². The van der Waals surface area contributed by atoms with Crippen molar-refractivity contribution in [3.8, 4) is 0 Å². The highest BCUT2D eigenvalue weighted by Crippen LogP contribution is 2.10. The predicted molar refractivity (Wildman–Crippen MR) is 82.8 cm³/mol. The normalized spacial score (nSPS) is 15.5. The van der Waals surface area contributed by atoms with Crippen molar-refractivity contribution < 1.29 is 14.0 Å². The standard InChI is InChI=1S/C17H23FN2O2/c1-2-4-16(21)19-9-3-10-20(12-11-19)17(22)13-14-5-7-15(18)8-6-14/h5-8H,2-4,9-13H2,1H3. The van der Waals surface area contributed by atoms with E-state index in [0.29, 0.717) is 26.1 Å². The van der Waals surface area contributed by atoms with E-state index in [2.05, 4.69) is 0 Å². The summed E-state index contributed by atoms with van der Waals surface area (Å²) in [6.45, 7) is 4.58. The minimum atomic E-state index is -0.295. The second-order valence-corrected chi connectivity index (χ2v) is 5.67. The Morgan fingerprint density at radius 1 is 1.00 bits per heavy atom. The van der Waals surface area contributed by atoms with E-state index >= 15 is 0 Å². The maximum Gasteiger partial charge on any atom is 0.227 e. The molecule has 1 aromatic carbocycles. The smallest absolute Gasteiger partial charge is 0.227 e. The molecule has 0 saturated carbocycles. The van der Waals surface area contributed by atoms with Crippen molar-refractivity contribution in [3.05, 3.63) is 35.6 Å². The lowest BCUT2D eigenvalue weighted by molar-refractivity contribution is -0.133. The molecule has 4 nitrogen and oxygen atoms in total. The summed E-state index contributed by atoms with van der Waals surface area (Å²) in [4.78, 5) is 27.9. The van der Waals surface area contributed by atoms with E-state index in [1.807, 2.05) is 16.7 Å². The lowest BCUT2D eigenvalue weighted by atomic mass is 10.1. The number of carbonyl (C=O) groups excluding carboxylic acids is 2. The average molecular weight is 306 g/mol. The van der Waals surface area contributed by atoms with Gasteiger partial charge in [-0.1, -0.05) is 19.1 Å². The molecule has 0 aromatic heterocycles. The molecule has 120 valence electrons. The van der Waals surface area contributed by atoms with Gasteiger partial charge in [0.1, 0.15) is 5.82 Å². The third-order valence-corrected chi connectivity index (χ3v) is 3.93.